The van der Waals surface area contributed by atoms with E-state index in [1.54, 1.807) is 19.2 Å². The highest BCUT2D eigenvalue weighted by atomic mass is 35.5. The summed E-state index contributed by atoms with van der Waals surface area (Å²) < 4.78 is 38.3. The second kappa shape index (κ2) is 9.39. The number of nitrogens with zero attached hydrogens (tertiary/aromatic N) is 2. The molecular weight excluding hydrogens is 450 g/mol. The molecule has 172 valence electrons. The van der Waals surface area contributed by atoms with E-state index in [0.717, 1.165) is 33.2 Å². The average molecular weight is 478 g/mol. The highest BCUT2D eigenvalue weighted by Gasteiger charge is 2.27. The maximum Gasteiger partial charge on any atom is 0.243 e. The maximum absolute atomic E-state index is 13.0. The van der Waals surface area contributed by atoms with Crippen LogP contribution in [0.15, 0.2) is 35.2 Å². The second-order valence-electron chi connectivity index (χ2n) is 8.20. The van der Waals surface area contributed by atoms with Crippen LogP contribution in [-0.2, 0) is 27.6 Å². The molecule has 0 radical (unpaired) electrons. The van der Waals surface area contributed by atoms with E-state index in [9.17, 15) is 8.42 Å². The summed E-state index contributed by atoms with van der Waals surface area (Å²) in [6.45, 7) is 5.68. The van der Waals surface area contributed by atoms with Crippen molar-refractivity contribution in [1.29, 1.82) is 0 Å². The third-order valence-corrected chi connectivity index (χ3v) is 7.78. The molecule has 0 bridgehead atoms. The van der Waals surface area contributed by atoms with Crippen molar-refractivity contribution in [2.75, 3.05) is 38.7 Å². The molecule has 0 unspecified atom stereocenters. The van der Waals surface area contributed by atoms with Crippen molar-refractivity contribution in [2.45, 2.75) is 37.6 Å². The van der Waals surface area contributed by atoms with E-state index in [-0.39, 0.29) is 10.9 Å². The molecule has 2 aromatic rings. The van der Waals surface area contributed by atoms with Gasteiger partial charge < -0.3 is 14.8 Å². The fourth-order valence-electron chi connectivity index (χ4n) is 4.04. The van der Waals surface area contributed by atoms with Crippen molar-refractivity contribution in [3.8, 4) is 5.75 Å². The summed E-state index contributed by atoms with van der Waals surface area (Å²) in [5, 5.41) is 4.18. The van der Waals surface area contributed by atoms with Gasteiger partial charge in [0.2, 0.25) is 10.0 Å². The Labute approximate surface area is 194 Å². The molecule has 1 fully saturated rings. The topological polar surface area (TPSA) is 80.8 Å². The number of methoxy groups -OCH3 is 1. The lowest BCUT2D eigenvalue weighted by molar-refractivity contribution is 0.0730. The summed E-state index contributed by atoms with van der Waals surface area (Å²) in [5.41, 5.74) is 4.61. The number of anilines is 1. The van der Waals surface area contributed by atoms with Crippen LogP contribution in [0, 0.1) is 0 Å². The monoisotopic (exact) mass is 477 g/mol. The van der Waals surface area contributed by atoms with Gasteiger partial charge in [-0.15, -0.1) is 0 Å². The van der Waals surface area contributed by atoms with Crippen LogP contribution in [0.4, 0.5) is 5.69 Å². The van der Waals surface area contributed by atoms with E-state index in [4.69, 9.17) is 26.1 Å². The molecule has 0 amide bonds. The molecule has 1 saturated heterocycles. The minimum atomic E-state index is -3.59. The number of hydrogen-bond acceptors (Lipinski definition) is 6. The Morgan fingerprint density at radius 3 is 2.69 bits per heavy atom. The zero-order valence-electron chi connectivity index (χ0n) is 18.5. The van der Waals surface area contributed by atoms with Crippen LogP contribution in [0.3, 0.4) is 0 Å². The fraction of sp³-hybridized carbons (Fsp3) is 0.435. The SMILES string of the molecule is COc1cc(S(=O)(=O)N2CCOCC2)ccc1Cc1cc(NC(C)C)c2c(n1)CC=C2Cl. The molecule has 1 aliphatic heterocycles. The number of hydrogen-bond donors (Lipinski definition) is 1. The zero-order chi connectivity index (χ0) is 22.9. The zero-order valence-corrected chi connectivity index (χ0v) is 20.1. The van der Waals surface area contributed by atoms with E-state index in [0.29, 0.717) is 44.9 Å². The second-order valence-corrected chi connectivity index (χ2v) is 10.6. The van der Waals surface area contributed by atoms with Gasteiger partial charge in [0, 0.05) is 65.6 Å². The van der Waals surface area contributed by atoms with E-state index in [1.165, 1.54) is 4.31 Å². The van der Waals surface area contributed by atoms with Gasteiger partial charge in [-0.2, -0.15) is 4.31 Å². The Kier molecular flexibility index (Phi) is 6.76. The number of rotatable bonds is 7. The first-order chi connectivity index (χ1) is 15.3. The minimum Gasteiger partial charge on any atom is -0.496 e. The lowest BCUT2D eigenvalue weighted by Crippen LogP contribution is -2.40. The Morgan fingerprint density at radius 2 is 2.00 bits per heavy atom. The van der Waals surface area contributed by atoms with Crippen molar-refractivity contribution >= 4 is 32.3 Å². The number of fused-ring (bicyclic) bond motifs is 1. The number of halogens is 1. The summed E-state index contributed by atoms with van der Waals surface area (Å²) in [7, 11) is -2.04. The molecule has 0 saturated carbocycles. The molecule has 0 spiro atoms. The molecule has 2 aliphatic rings. The highest BCUT2D eigenvalue weighted by molar-refractivity contribution is 7.89. The van der Waals surface area contributed by atoms with E-state index < -0.39 is 10.0 Å². The van der Waals surface area contributed by atoms with Gasteiger partial charge >= 0.3 is 0 Å². The van der Waals surface area contributed by atoms with E-state index in [1.807, 2.05) is 18.2 Å². The molecule has 1 N–H and O–H groups in total. The first-order valence-corrected chi connectivity index (χ1v) is 12.5. The lowest BCUT2D eigenvalue weighted by atomic mass is 10.1. The summed E-state index contributed by atoms with van der Waals surface area (Å²) in [6.07, 6.45) is 3.18. The number of sulfonamides is 1. The summed E-state index contributed by atoms with van der Waals surface area (Å²) >= 11 is 6.41. The van der Waals surface area contributed by atoms with Gasteiger partial charge in [0.25, 0.3) is 0 Å². The summed E-state index contributed by atoms with van der Waals surface area (Å²) in [6, 6.07) is 7.31. The van der Waals surface area contributed by atoms with Crippen LogP contribution in [0.1, 0.15) is 36.4 Å². The fourth-order valence-corrected chi connectivity index (χ4v) is 5.75. The number of benzene rings is 1. The Balaban J connectivity index is 1.64. The van der Waals surface area contributed by atoms with Crippen LogP contribution in [-0.4, -0.2) is 57.2 Å². The van der Waals surface area contributed by atoms with Crippen molar-refractivity contribution in [3.63, 3.8) is 0 Å². The molecule has 1 aliphatic carbocycles. The normalized spacial score (nSPS) is 16.7. The Bertz CT molecular complexity index is 1140. The lowest BCUT2D eigenvalue weighted by Gasteiger charge is -2.26. The van der Waals surface area contributed by atoms with Crippen molar-refractivity contribution in [2.24, 2.45) is 0 Å². The van der Waals surface area contributed by atoms with E-state index >= 15 is 0 Å². The highest BCUT2D eigenvalue weighted by Crippen LogP contribution is 2.37. The first-order valence-electron chi connectivity index (χ1n) is 10.7. The number of pyridine rings is 1. The van der Waals surface area contributed by atoms with Crippen LogP contribution in [0.2, 0.25) is 0 Å². The van der Waals surface area contributed by atoms with Gasteiger partial charge in [-0.25, -0.2) is 8.42 Å². The predicted octanol–water partition coefficient (Wildman–Crippen LogP) is 3.66. The maximum atomic E-state index is 13.0. The Hall–Kier alpha value is -2.13. The molecule has 2 heterocycles. The van der Waals surface area contributed by atoms with Crippen molar-refractivity contribution in [3.05, 3.63) is 52.9 Å². The largest absolute Gasteiger partial charge is 0.496 e. The smallest absolute Gasteiger partial charge is 0.243 e. The summed E-state index contributed by atoms with van der Waals surface area (Å²) in [4.78, 5) is 5.04. The molecule has 1 aromatic carbocycles. The molecule has 4 rings (SSSR count). The van der Waals surface area contributed by atoms with Gasteiger partial charge in [0.15, 0.2) is 0 Å². The molecule has 1 aromatic heterocycles. The molecule has 32 heavy (non-hydrogen) atoms. The number of morpholine rings is 1. The Morgan fingerprint density at radius 1 is 1.25 bits per heavy atom. The standard InChI is InChI=1S/C23H28ClN3O4S/c1-15(2)25-21-13-17(26-20-7-6-19(24)23(20)21)12-16-4-5-18(14-22(16)30-3)32(28,29)27-8-10-31-11-9-27/h4-6,13-15H,7-12H2,1-3H3,(H,25,26). The third-order valence-electron chi connectivity index (χ3n) is 5.54. The van der Waals surface area contributed by atoms with Crippen LogP contribution in [0.5, 0.6) is 5.75 Å². The number of aromatic nitrogens is 1. The predicted molar refractivity (Wildman–Crippen MR) is 126 cm³/mol. The van der Waals surface area contributed by atoms with E-state index in [2.05, 4.69) is 19.2 Å². The number of allylic oxidation sites excluding steroid dienone is 1. The van der Waals surface area contributed by atoms with Gasteiger partial charge in [0.05, 0.1) is 30.9 Å². The van der Waals surface area contributed by atoms with Crippen LogP contribution in [0.25, 0.3) is 5.03 Å². The van der Waals surface area contributed by atoms with Gasteiger partial charge in [-0.3, -0.25) is 4.98 Å². The van der Waals surface area contributed by atoms with Crippen molar-refractivity contribution < 1.29 is 17.9 Å². The number of nitrogens with one attached hydrogen (secondary N) is 1. The first kappa shape index (κ1) is 23.0. The number of ether oxygens (including phenoxy) is 2. The van der Waals surface area contributed by atoms with Crippen LogP contribution >= 0.6 is 11.6 Å². The van der Waals surface area contributed by atoms with Gasteiger partial charge in [-0.05, 0) is 26.0 Å². The van der Waals surface area contributed by atoms with Gasteiger partial charge in [-0.1, -0.05) is 23.7 Å². The molecule has 7 nitrogen and oxygen atoms in total. The minimum absolute atomic E-state index is 0.222. The van der Waals surface area contributed by atoms with Gasteiger partial charge in [0.1, 0.15) is 5.75 Å². The van der Waals surface area contributed by atoms with Crippen LogP contribution < -0.4 is 10.1 Å². The molecular formula is C23H28ClN3O4S. The van der Waals surface area contributed by atoms with Crippen molar-refractivity contribution in [1.82, 2.24) is 9.29 Å². The summed E-state index contributed by atoms with van der Waals surface area (Å²) in [5.74, 6) is 0.524. The average Bonchev–Trinajstić information content (AvgIpc) is 3.15. The quantitative estimate of drug-likeness (QED) is 0.655. The third kappa shape index (κ3) is 4.64. The molecule has 9 heteroatoms. The molecule has 0 atom stereocenters.